The molecule has 1 atom stereocenters. The highest BCUT2D eigenvalue weighted by Crippen LogP contribution is 2.37. The molecule has 0 fully saturated rings. The van der Waals surface area contributed by atoms with Gasteiger partial charge in [0.05, 0.1) is 0 Å². The number of hydrogen-bond acceptors (Lipinski definition) is 2. The van der Waals surface area contributed by atoms with E-state index in [9.17, 15) is 4.39 Å². The highest BCUT2D eigenvalue weighted by atomic mass is 19.1. The van der Waals surface area contributed by atoms with Gasteiger partial charge in [0.1, 0.15) is 5.82 Å². The molecule has 0 heterocycles. The number of benzene rings is 1. The maximum Gasteiger partial charge on any atom is 0.123 e. The molecule has 18 heavy (non-hydrogen) atoms. The van der Waals surface area contributed by atoms with Gasteiger partial charge in [0.15, 0.2) is 0 Å². The molecule has 0 aromatic heterocycles. The van der Waals surface area contributed by atoms with Gasteiger partial charge in [-0.1, -0.05) is 23.8 Å². The third-order valence-electron chi connectivity index (χ3n) is 3.61. The SMILES string of the molecule is CNc1ccc(F)cc1C1(CN)C=CC(C)=CC1. The number of rotatable bonds is 3. The Morgan fingerprint density at radius 2 is 2.22 bits per heavy atom. The van der Waals surface area contributed by atoms with Gasteiger partial charge < -0.3 is 11.1 Å². The lowest BCUT2D eigenvalue weighted by Crippen LogP contribution is -2.34. The molecule has 1 aromatic rings. The molecular formula is C15H19FN2. The number of allylic oxidation sites excluding steroid dienone is 3. The Morgan fingerprint density at radius 1 is 1.44 bits per heavy atom. The van der Waals surface area contributed by atoms with Gasteiger partial charge in [-0.05, 0) is 37.1 Å². The minimum Gasteiger partial charge on any atom is -0.388 e. The van der Waals surface area contributed by atoms with E-state index in [4.69, 9.17) is 5.73 Å². The second kappa shape index (κ2) is 4.94. The largest absolute Gasteiger partial charge is 0.388 e. The smallest absolute Gasteiger partial charge is 0.123 e. The van der Waals surface area contributed by atoms with Crippen LogP contribution in [0.5, 0.6) is 0 Å². The number of hydrogen-bond donors (Lipinski definition) is 2. The fraction of sp³-hybridized carbons (Fsp3) is 0.333. The molecule has 96 valence electrons. The van der Waals surface area contributed by atoms with E-state index in [1.54, 1.807) is 12.1 Å². The molecule has 2 nitrogen and oxygen atoms in total. The van der Waals surface area contributed by atoms with Gasteiger partial charge in [0.2, 0.25) is 0 Å². The van der Waals surface area contributed by atoms with E-state index in [1.807, 2.05) is 7.05 Å². The summed E-state index contributed by atoms with van der Waals surface area (Å²) in [4.78, 5) is 0. The number of nitrogens with two attached hydrogens (primary N) is 1. The molecule has 1 unspecified atom stereocenters. The first-order chi connectivity index (χ1) is 8.61. The Morgan fingerprint density at radius 3 is 2.78 bits per heavy atom. The van der Waals surface area contributed by atoms with Crippen molar-refractivity contribution in [3.05, 3.63) is 53.4 Å². The van der Waals surface area contributed by atoms with Crippen molar-refractivity contribution in [2.45, 2.75) is 18.8 Å². The highest BCUT2D eigenvalue weighted by Gasteiger charge is 2.31. The molecule has 1 aromatic carbocycles. The van der Waals surface area contributed by atoms with E-state index in [1.165, 1.54) is 11.6 Å². The minimum atomic E-state index is -0.306. The lowest BCUT2D eigenvalue weighted by molar-refractivity contribution is 0.540. The third kappa shape index (κ3) is 2.18. The fourth-order valence-corrected chi connectivity index (χ4v) is 2.38. The molecule has 1 aliphatic carbocycles. The lowest BCUT2D eigenvalue weighted by atomic mass is 9.74. The zero-order valence-electron chi connectivity index (χ0n) is 10.8. The van der Waals surface area contributed by atoms with Crippen LogP contribution in [0.1, 0.15) is 18.9 Å². The third-order valence-corrected chi connectivity index (χ3v) is 3.61. The summed E-state index contributed by atoms with van der Waals surface area (Å²) in [6.45, 7) is 2.52. The Balaban J connectivity index is 2.51. The Hall–Kier alpha value is -1.61. The van der Waals surface area contributed by atoms with Crippen LogP contribution in [0.4, 0.5) is 10.1 Å². The van der Waals surface area contributed by atoms with E-state index in [2.05, 4.69) is 30.5 Å². The molecule has 0 aliphatic heterocycles. The maximum atomic E-state index is 13.5. The van der Waals surface area contributed by atoms with Crippen molar-refractivity contribution in [1.82, 2.24) is 0 Å². The monoisotopic (exact) mass is 246 g/mol. The number of nitrogens with one attached hydrogen (secondary N) is 1. The van der Waals surface area contributed by atoms with Crippen LogP contribution < -0.4 is 11.1 Å². The molecule has 0 radical (unpaired) electrons. The van der Waals surface area contributed by atoms with Crippen molar-refractivity contribution >= 4 is 5.69 Å². The summed E-state index contributed by atoms with van der Waals surface area (Å²) in [6, 6.07) is 4.81. The standard InChI is InChI=1S/C15H19FN2/c1-11-5-7-15(10-17,8-6-11)13-9-12(16)3-4-14(13)18-2/h3-7,9,18H,8,10,17H2,1-2H3. The average Bonchev–Trinajstić information content (AvgIpc) is 2.40. The molecule has 3 N–H and O–H groups in total. The van der Waals surface area contributed by atoms with Gasteiger partial charge in [-0.3, -0.25) is 0 Å². The summed E-state index contributed by atoms with van der Waals surface area (Å²) in [5.74, 6) is -0.225. The molecule has 0 bridgehead atoms. The van der Waals surface area contributed by atoms with E-state index in [0.29, 0.717) is 6.54 Å². The lowest BCUT2D eigenvalue weighted by Gasteiger charge is -2.33. The van der Waals surface area contributed by atoms with Crippen LogP contribution in [0, 0.1) is 5.82 Å². The number of anilines is 1. The predicted octanol–water partition coefficient (Wildman–Crippen LogP) is 2.97. The van der Waals surface area contributed by atoms with E-state index < -0.39 is 0 Å². The molecular weight excluding hydrogens is 227 g/mol. The van der Waals surface area contributed by atoms with Crippen molar-refractivity contribution in [1.29, 1.82) is 0 Å². The normalized spacial score (nSPS) is 22.8. The van der Waals surface area contributed by atoms with Gasteiger partial charge >= 0.3 is 0 Å². The van der Waals surface area contributed by atoms with Crippen molar-refractivity contribution < 1.29 is 4.39 Å². The highest BCUT2D eigenvalue weighted by molar-refractivity contribution is 5.57. The maximum absolute atomic E-state index is 13.5. The van der Waals surface area contributed by atoms with Gasteiger partial charge in [-0.15, -0.1) is 0 Å². The average molecular weight is 246 g/mol. The second-order valence-electron chi connectivity index (χ2n) is 4.79. The molecule has 3 heteroatoms. The summed E-state index contributed by atoms with van der Waals surface area (Å²) >= 11 is 0. The van der Waals surface area contributed by atoms with Crippen LogP contribution in [0.2, 0.25) is 0 Å². The molecule has 0 amide bonds. The minimum absolute atomic E-state index is 0.225. The summed E-state index contributed by atoms with van der Waals surface area (Å²) in [6.07, 6.45) is 7.11. The summed E-state index contributed by atoms with van der Waals surface area (Å²) in [7, 11) is 1.84. The first kappa shape index (κ1) is 12.8. The summed E-state index contributed by atoms with van der Waals surface area (Å²) in [5, 5.41) is 3.11. The van der Waals surface area contributed by atoms with Crippen LogP contribution in [-0.4, -0.2) is 13.6 Å². The van der Waals surface area contributed by atoms with Crippen molar-refractivity contribution in [2.75, 3.05) is 18.9 Å². The summed E-state index contributed by atoms with van der Waals surface area (Å²) in [5.41, 5.74) is 8.73. The zero-order valence-corrected chi connectivity index (χ0v) is 10.8. The molecule has 0 saturated heterocycles. The van der Waals surface area contributed by atoms with E-state index >= 15 is 0 Å². The Kier molecular flexibility index (Phi) is 3.53. The van der Waals surface area contributed by atoms with Crippen LogP contribution >= 0.6 is 0 Å². The Labute approximate surface area is 107 Å². The van der Waals surface area contributed by atoms with Crippen LogP contribution in [0.15, 0.2) is 42.0 Å². The van der Waals surface area contributed by atoms with E-state index in [-0.39, 0.29) is 11.2 Å². The van der Waals surface area contributed by atoms with Gasteiger partial charge in [0.25, 0.3) is 0 Å². The van der Waals surface area contributed by atoms with Crippen molar-refractivity contribution in [3.8, 4) is 0 Å². The number of halogens is 1. The quantitative estimate of drug-likeness (QED) is 0.860. The second-order valence-corrected chi connectivity index (χ2v) is 4.79. The topological polar surface area (TPSA) is 38.0 Å². The first-order valence-corrected chi connectivity index (χ1v) is 6.15. The molecule has 1 aliphatic rings. The van der Waals surface area contributed by atoms with Crippen LogP contribution in [0.3, 0.4) is 0 Å². The molecule has 0 saturated carbocycles. The predicted molar refractivity (Wildman–Crippen MR) is 74.2 cm³/mol. The van der Waals surface area contributed by atoms with Crippen LogP contribution in [-0.2, 0) is 5.41 Å². The van der Waals surface area contributed by atoms with Crippen molar-refractivity contribution in [3.63, 3.8) is 0 Å². The van der Waals surface area contributed by atoms with Gasteiger partial charge in [-0.2, -0.15) is 0 Å². The Bertz CT molecular complexity index is 505. The fourth-order valence-electron chi connectivity index (χ4n) is 2.38. The van der Waals surface area contributed by atoms with Gasteiger partial charge in [-0.25, -0.2) is 4.39 Å². The molecule has 0 spiro atoms. The van der Waals surface area contributed by atoms with E-state index in [0.717, 1.165) is 17.7 Å². The zero-order chi connectivity index (χ0) is 13.2. The van der Waals surface area contributed by atoms with Gasteiger partial charge in [0, 0.05) is 24.7 Å². The van der Waals surface area contributed by atoms with Crippen molar-refractivity contribution in [2.24, 2.45) is 5.73 Å². The van der Waals surface area contributed by atoms with Crippen LogP contribution in [0.25, 0.3) is 0 Å². The summed E-state index contributed by atoms with van der Waals surface area (Å²) < 4.78 is 13.5. The first-order valence-electron chi connectivity index (χ1n) is 6.15. The molecule has 2 rings (SSSR count).